The maximum absolute atomic E-state index is 13.7. The fourth-order valence-corrected chi connectivity index (χ4v) is 4.76. The van der Waals surface area contributed by atoms with Crippen molar-refractivity contribution < 1.29 is 22.0 Å². The molecule has 2 fully saturated rings. The summed E-state index contributed by atoms with van der Waals surface area (Å²) in [5.74, 6) is -3.51. The minimum Gasteiger partial charge on any atom is -0.204 e. The van der Waals surface area contributed by atoms with Crippen molar-refractivity contribution in [3.8, 4) is 0 Å². The summed E-state index contributed by atoms with van der Waals surface area (Å²) in [4.78, 5) is 0. The van der Waals surface area contributed by atoms with Gasteiger partial charge in [-0.1, -0.05) is 19.8 Å². The zero-order valence-corrected chi connectivity index (χ0v) is 15.0. The fraction of sp³-hybridized carbons (Fsp3) is 0.619. The molecule has 0 atom stereocenters. The van der Waals surface area contributed by atoms with Crippen LogP contribution in [-0.2, 0) is 0 Å². The van der Waals surface area contributed by atoms with E-state index in [4.69, 9.17) is 0 Å². The molecule has 0 radical (unpaired) electrons. The summed E-state index contributed by atoms with van der Waals surface area (Å²) in [6.45, 7) is 2.16. The number of allylic oxidation sites excluding steroid dienone is 1. The molecule has 3 rings (SSSR count). The first-order chi connectivity index (χ1) is 12.4. The van der Waals surface area contributed by atoms with Gasteiger partial charge in [-0.05, 0) is 79.9 Å². The first-order valence-corrected chi connectivity index (χ1v) is 9.56. The Morgan fingerprint density at radius 3 is 1.69 bits per heavy atom. The lowest BCUT2D eigenvalue weighted by Gasteiger charge is -2.35. The molecule has 0 bridgehead atoms. The van der Waals surface area contributed by atoms with Crippen LogP contribution in [0.1, 0.15) is 69.8 Å². The standard InChI is InChI=1S/C21H25F5/c1-12-2-4-14(5-3-12)19(21(25)26)15-8-6-13(7-9-15)16-10-17(22)20(24)18(23)11-16/h10-15H,2-9H2,1H3. The third-order valence-corrected chi connectivity index (χ3v) is 6.32. The third kappa shape index (κ3) is 4.12. The van der Waals surface area contributed by atoms with E-state index < -0.39 is 23.5 Å². The second-order valence-electron chi connectivity index (χ2n) is 8.02. The molecule has 5 heteroatoms. The first-order valence-electron chi connectivity index (χ1n) is 9.56. The van der Waals surface area contributed by atoms with Crippen LogP contribution in [0.2, 0.25) is 0 Å². The number of halogens is 5. The number of rotatable bonds is 3. The number of benzene rings is 1. The van der Waals surface area contributed by atoms with Gasteiger partial charge in [-0.3, -0.25) is 0 Å². The van der Waals surface area contributed by atoms with Crippen LogP contribution in [0.3, 0.4) is 0 Å². The summed E-state index contributed by atoms with van der Waals surface area (Å²) in [5.41, 5.74) is 0.754. The quantitative estimate of drug-likeness (QED) is 0.384. The zero-order chi connectivity index (χ0) is 18.8. The smallest absolute Gasteiger partial charge is 0.204 e. The van der Waals surface area contributed by atoms with Gasteiger partial charge in [0.25, 0.3) is 6.08 Å². The van der Waals surface area contributed by atoms with Crippen LogP contribution in [0.4, 0.5) is 22.0 Å². The van der Waals surface area contributed by atoms with Crippen LogP contribution in [-0.4, -0.2) is 0 Å². The van der Waals surface area contributed by atoms with E-state index in [1.165, 1.54) is 0 Å². The van der Waals surface area contributed by atoms with E-state index in [2.05, 4.69) is 6.92 Å². The molecule has 2 aliphatic carbocycles. The van der Waals surface area contributed by atoms with Crippen LogP contribution in [0, 0.1) is 35.2 Å². The highest BCUT2D eigenvalue weighted by Crippen LogP contribution is 2.45. The van der Waals surface area contributed by atoms with Crippen molar-refractivity contribution in [3.05, 3.63) is 46.8 Å². The van der Waals surface area contributed by atoms with Gasteiger partial charge < -0.3 is 0 Å². The summed E-state index contributed by atoms with van der Waals surface area (Å²) >= 11 is 0. The highest BCUT2D eigenvalue weighted by molar-refractivity contribution is 5.24. The summed E-state index contributed by atoms with van der Waals surface area (Å²) in [7, 11) is 0. The highest BCUT2D eigenvalue weighted by atomic mass is 19.3. The molecule has 0 aliphatic heterocycles. The lowest BCUT2D eigenvalue weighted by molar-refractivity contribution is 0.254. The molecule has 1 aromatic rings. The summed E-state index contributed by atoms with van der Waals surface area (Å²) in [6, 6.07) is 2.08. The normalized spacial score (nSPS) is 29.5. The first kappa shape index (κ1) is 19.4. The van der Waals surface area contributed by atoms with Gasteiger partial charge >= 0.3 is 0 Å². The predicted octanol–water partition coefficient (Wildman–Crippen LogP) is 7.35. The largest absolute Gasteiger partial charge is 0.270 e. The SMILES string of the molecule is CC1CCC(C(=C(F)F)C2CCC(c3cc(F)c(F)c(F)c3)CC2)CC1. The molecule has 0 unspecified atom stereocenters. The van der Waals surface area contributed by atoms with E-state index in [9.17, 15) is 22.0 Å². The van der Waals surface area contributed by atoms with Gasteiger partial charge in [0.05, 0.1) is 0 Å². The lowest BCUT2D eigenvalue weighted by atomic mass is 9.70. The molecule has 0 N–H and O–H groups in total. The van der Waals surface area contributed by atoms with E-state index >= 15 is 0 Å². The predicted molar refractivity (Wildman–Crippen MR) is 91.4 cm³/mol. The van der Waals surface area contributed by atoms with Gasteiger partial charge in [0.2, 0.25) is 0 Å². The zero-order valence-electron chi connectivity index (χ0n) is 15.0. The molecule has 0 amide bonds. The average molecular weight is 372 g/mol. The minimum absolute atomic E-state index is 0.0292. The molecule has 2 aliphatic rings. The van der Waals surface area contributed by atoms with Gasteiger partial charge in [-0.25, -0.2) is 13.2 Å². The molecule has 26 heavy (non-hydrogen) atoms. The van der Waals surface area contributed by atoms with Gasteiger partial charge in [0.15, 0.2) is 17.5 Å². The van der Waals surface area contributed by atoms with E-state index in [0.29, 0.717) is 42.7 Å². The van der Waals surface area contributed by atoms with Gasteiger partial charge in [0, 0.05) is 5.57 Å². The summed E-state index contributed by atoms with van der Waals surface area (Å²) in [5, 5.41) is 0. The van der Waals surface area contributed by atoms with Crippen molar-refractivity contribution in [3.63, 3.8) is 0 Å². The molecule has 2 saturated carbocycles. The monoisotopic (exact) mass is 372 g/mol. The Balaban J connectivity index is 1.68. The second-order valence-corrected chi connectivity index (χ2v) is 8.02. The minimum atomic E-state index is -1.54. The van der Waals surface area contributed by atoms with Gasteiger partial charge in [0.1, 0.15) is 0 Å². The molecule has 144 valence electrons. The van der Waals surface area contributed by atoms with Crippen LogP contribution in [0.5, 0.6) is 0 Å². The summed E-state index contributed by atoms with van der Waals surface area (Å²) < 4.78 is 67.4. The topological polar surface area (TPSA) is 0 Å². The van der Waals surface area contributed by atoms with E-state index in [1.807, 2.05) is 0 Å². The lowest BCUT2D eigenvalue weighted by Crippen LogP contribution is -2.23. The molecule has 1 aromatic carbocycles. The Hall–Kier alpha value is -1.39. The Kier molecular flexibility index (Phi) is 6.03. The fourth-order valence-electron chi connectivity index (χ4n) is 4.76. The van der Waals surface area contributed by atoms with E-state index in [0.717, 1.165) is 37.8 Å². The Morgan fingerprint density at radius 2 is 1.23 bits per heavy atom. The molecule has 0 saturated heterocycles. The number of hydrogen-bond acceptors (Lipinski definition) is 0. The van der Waals surface area contributed by atoms with Crippen molar-refractivity contribution in [2.24, 2.45) is 17.8 Å². The van der Waals surface area contributed by atoms with Crippen molar-refractivity contribution in [2.75, 3.05) is 0 Å². The van der Waals surface area contributed by atoms with Crippen LogP contribution < -0.4 is 0 Å². The molecule has 0 heterocycles. The molecular weight excluding hydrogens is 347 g/mol. The van der Waals surface area contributed by atoms with Gasteiger partial charge in [-0.15, -0.1) is 0 Å². The third-order valence-electron chi connectivity index (χ3n) is 6.32. The Bertz CT molecular complexity index is 638. The summed E-state index contributed by atoms with van der Waals surface area (Å²) in [6.07, 6.45) is 4.45. The molecule has 0 spiro atoms. The molecule has 0 nitrogen and oxygen atoms in total. The van der Waals surface area contributed by atoms with Crippen LogP contribution in [0.15, 0.2) is 23.8 Å². The van der Waals surface area contributed by atoms with Crippen molar-refractivity contribution in [1.29, 1.82) is 0 Å². The maximum Gasteiger partial charge on any atom is 0.270 e. The molecular formula is C21H25F5. The maximum atomic E-state index is 13.7. The van der Waals surface area contributed by atoms with Crippen molar-refractivity contribution in [1.82, 2.24) is 0 Å². The molecule has 0 aromatic heterocycles. The van der Waals surface area contributed by atoms with Crippen LogP contribution >= 0.6 is 0 Å². The Morgan fingerprint density at radius 1 is 0.769 bits per heavy atom. The van der Waals surface area contributed by atoms with Gasteiger partial charge in [-0.2, -0.15) is 8.78 Å². The van der Waals surface area contributed by atoms with Crippen LogP contribution in [0.25, 0.3) is 0 Å². The second kappa shape index (κ2) is 8.10. The number of hydrogen-bond donors (Lipinski definition) is 0. The van der Waals surface area contributed by atoms with E-state index in [-0.39, 0.29) is 17.8 Å². The van der Waals surface area contributed by atoms with Crippen molar-refractivity contribution >= 4 is 0 Å². The van der Waals surface area contributed by atoms with Crippen molar-refractivity contribution in [2.45, 2.75) is 64.2 Å². The average Bonchev–Trinajstić information content (AvgIpc) is 2.61. The Labute approximate surface area is 151 Å². The highest BCUT2D eigenvalue weighted by Gasteiger charge is 2.33. The van der Waals surface area contributed by atoms with E-state index in [1.54, 1.807) is 0 Å².